The Kier molecular flexibility index (Phi) is 5.26. The Bertz CT molecular complexity index is 653. The third kappa shape index (κ3) is 3.90. The van der Waals surface area contributed by atoms with Crippen LogP contribution in [-0.4, -0.2) is 28.6 Å². The molecular formula is C16H19FN2O2S. The molecule has 118 valence electrons. The molecule has 1 heterocycles. The maximum Gasteiger partial charge on any atom is 0.263 e. The Morgan fingerprint density at radius 3 is 2.59 bits per heavy atom. The monoisotopic (exact) mass is 322 g/mol. The number of nitrogens with zero attached hydrogens (tertiary/aromatic N) is 1. The Balaban J connectivity index is 2.12. The Labute approximate surface area is 133 Å². The summed E-state index contributed by atoms with van der Waals surface area (Å²) in [6, 6.07) is 6.01. The van der Waals surface area contributed by atoms with Crippen molar-refractivity contribution >= 4 is 17.2 Å². The molecule has 0 fully saturated rings. The molecule has 2 aromatic rings. The molecule has 0 bridgehead atoms. The largest absolute Gasteiger partial charge is 0.391 e. The van der Waals surface area contributed by atoms with Gasteiger partial charge in [0.1, 0.15) is 15.7 Å². The van der Waals surface area contributed by atoms with Gasteiger partial charge in [-0.1, -0.05) is 13.8 Å². The number of aryl methyl sites for hydroxylation is 1. The predicted molar refractivity (Wildman–Crippen MR) is 85.4 cm³/mol. The topological polar surface area (TPSA) is 62.2 Å². The molecule has 1 atom stereocenters. The number of hydrogen-bond donors (Lipinski definition) is 2. The third-order valence-electron chi connectivity index (χ3n) is 3.34. The van der Waals surface area contributed by atoms with E-state index in [0.717, 1.165) is 5.56 Å². The van der Waals surface area contributed by atoms with Crippen molar-refractivity contribution in [2.45, 2.75) is 26.9 Å². The standard InChI is InChI=1S/C16H19FN2O2S/c1-9(2)13(20)8-18-15(21)14-10(3)19-16(22-14)11-4-6-12(17)7-5-11/h4-7,9,13,20H,8H2,1-3H3,(H,18,21). The van der Waals surface area contributed by atoms with Crippen LogP contribution in [0.15, 0.2) is 24.3 Å². The average Bonchev–Trinajstić information content (AvgIpc) is 2.87. The summed E-state index contributed by atoms with van der Waals surface area (Å²) in [4.78, 5) is 17.1. The average molecular weight is 322 g/mol. The summed E-state index contributed by atoms with van der Waals surface area (Å²) in [5.74, 6) is -0.474. The Morgan fingerprint density at radius 2 is 2.00 bits per heavy atom. The van der Waals surface area contributed by atoms with Crippen molar-refractivity contribution in [2.75, 3.05) is 6.54 Å². The number of carbonyl (C=O) groups is 1. The van der Waals surface area contributed by atoms with E-state index in [4.69, 9.17) is 0 Å². The molecule has 4 nitrogen and oxygen atoms in total. The van der Waals surface area contributed by atoms with Gasteiger partial charge in [-0.25, -0.2) is 9.37 Å². The van der Waals surface area contributed by atoms with Gasteiger partial charge < -0.3 is 10.4 Å². The highest BCUT2D eigenvalue weighted by atomic mass is 32.1. The Hall–Kier alpha value is -1.79. The van der Waals surface area contributed by atoms with E-state index in [1.165, 1.54) is 23.5 Å². The normalized spacial score (nSPS) is 12.5. The number of nitrogens with one attached hydrogen (secondary N) is 1. The molecule has 22 heavy (non-hydrogen) atoms. The minimum atomic E-state index is -0.575. The third-order valence-corrected chi connectivity index (χ3v) is 4.54. The quantitative estimate of drug-likeness (QED) is 0.889. The fourth-order valence-corrected chi connectivity index (χ4v) is 2.82. The molecule has 6 heteroatoms. The van der Waals surface area contributed by atoms with Gasteiger partial charge in [0.05, 0.1) is 11.8 Å². The predicted octanol–water partition coefficient (Wildman–Crippen LogP) is 3.00. The lowest BCUT2D eigenvalue weighted by molar-refractivity contribution is 0.0874. The van der Waals surface area contributed by atoms with Crippen LogP contribution in [-0.2, 0) is 0 Å². The van der Waals surface area contributed by atoms with Crippen LogP contribution in [0.2, 0.25) is 0 Å². The summed E-state index contributed by atoms with van der Waals surface area (Å²) in [6.45, 7) is 5.75. The second kappa shape index (κ2) is 6.98. The summed E-state index contributed by atoms with van der Waals surface area (Å²) in [6.07, 6.45) is -0.575. The van der Waals surface area contributed by atoms with E-state index in [1.807, 2.05) is 13.8 Å². The first kappa shape index (κ1) is 16.6. The zero-order chi connectivity index (χ0) is 16.3. The molecule has 0 saturated heterocycles. The highest BCUT2D eigenvalue weighted by Crippen LogP contribution is 2.28. The lowest BCUT2D eigenvalue weighted by Crippen LogP contribution is -2.34. The molecule has 2 N–H and O–H groups in total. The summed E-state index contributed by atoms with van der Waals surface area (Å²) < 4.78 is 13.0. The first-order valence-electron chi connectivity index (χ1n) is 7.08. The second-order valence-electron chi connectivity index (χ2n) is 5.46. The molecule has 1 aromatic heterocycles. The van der Waals surface area contributed by atoms with Gasteiger partial charge in [-0.3, -0.25) is 4.79 Å². The van der Waals surface area contributed by atoms with Crippen LogP contribution in [0.4, 0.5) is 4.39 Å². The highest BCUT2D eigenvalue weighted by molar-refractivity contribution is 7.17. The molecule has 1 aromatic carbocycles. The van der Waals surface area contributed by atoms with E-state index in [9.17, 15) is 14.3 Å². The molecular weight excluding hydrogens is 303 g/mol. The van der Waals surface area contributed by atoms with Crippen molar-refractivity contribution in [3.05, 3.63) is 40.7 Å². The number of carbonyl (C=O) groups excluding carboxylic acids is 1. The number of aromatic nitrogens is 1. The molecule has 0 saturated carbocycles. The summed E-state index contributed by atoms with van der Waals surface area (Å²) in [7, 11) is 0. The maximum absolute atomic E-state index is 13.0. The van der Waals surface area contributed by atoms with Gasteiger partial charge in [0, 0.05) is 12.1 Å². The fourth-order valence-electron chi connectivity index (χ4n) is 1.84. The lowest BCUT2D eigenvalue weighted by atomic mass is 10.1. The van der Waals surface area contributed by atoms with Gasteiger partial charge in [-0.2, -0.15) is 0 Å². The van der Waals surface area contributed by atoms with E-state index in [2.05, 4.69) is 10.3 Å². The Morgan fingerprint density at radius 1 is 1.36 bits per heavy atom. The number of aliphatic hydroxyl groups excluding tert-OH is 1. The van der Waals surface area contributed by atoms with Crippen molar-refractivity contribution in [1.29, 1.82) is 0 Å². The van der Waals surface area contributed by atoms with Crippen LogP contribution in [0, 0.1) is 18.7 Å². The van der Waals surface area contributed by atoms with Crippen molar-refractivity contribution in [3.8, 4) is 10.6 Å². The van der Waals surface area contributed by atoms with Gasteiger partial charge in [0.25, 0.3) is 5.91 Å². The van der Waals surface area contributed by atoms with E-state index < -0.39 is 6.10 Å². The summed E-state index contributed by atoms with van der Waals surface area (Å²) >= 11 is 1.26. The van der Waals surface area contributed by atoms with Gasteiger partial charge in [-0.05, 0) is 37.1 Å². The van der Waals surface area contributed by atoms with E-state index >= 15 is 0 Å². The lowest BCUT2D eigenvalue weighted by Gasteiger charge is -2.14. The molecule has 1 amide bonds. The number of thiazole rings is 1. The SMILES string of the molecule is Cc1nc(-c2ccc(F)cc2)sc1C(=O)NCC(O)C(C)C. The number of amides is 1. The second-order valence-corrected chi connectivity index (χ2v) is 6.46. The van der Waals surface area contributed by atoms with Crippen LogP contribution in [0.3, 0.4) is 0 Å². The molecule has 0 radical (unpaired) electrons. The van der Waals surface area contributed by atoms with Crippen LogP contribution in [0.25, 0.3) is 10.6 Å². The minimum absolute atomic E-state index is 0.0811. The first-order valence-corrected chi connectivity index (χ1v) is 7.89. The first-order chi connectivity index (χ1) is 10.4. The van der Waals surface area contributed by atoms with Crippen molar-refractivity contribution in [1.82, 2.24) is 10.3 Å². The molecule has 1 unspecified atom stereocenters. The summed E-state index contributed by atoms with van der Waals surface area (Å²) in [5.41, 5.74) is 1.40. The van der Waals surface area contributed by atoms with Crippen molar-refractivity contribution in [3.63, 3.8) is 0 Å². The number of hydrogen-bond acceptors (Lipinski definition) is 4. The van der Waals surface area contributed by atoms with Gasteiger partial charge in [0.15, 0.2) is 0 Å². The number of rotatable bonds is 5. The van der Waals surface area contributed by atoms with Crippen molar-refractivity contribution < 1.29 is 14.3 Å². The number of halogens is 1. The van der Waals surface area contributed by atoms with E-state index in [0.29, 0.717) is 15.6 Å². The molecule has 0 aliphatic rings. The zero-order valence-corrected chi connectivity index (χ0v) is 13.6. The number of aliphatic hydroxyl groups is 1. The molecule has 0 spiro atoms. The maximum atomic E-state index is 13.0. The fraction of sp³-hybridized carbons (Fsp3) is 0.375. The zero-order valence-electron chi connectivity index (χ0n) is 12.8. The summed E-state index contributed by atoms with van der Waals surface area (Å²) in [5, 5.41) is 13.1. The highest BCUT2D eigenvalue weighted by Gasteiger charge is 2.18. The smallest absolute Gasteiger partial charge is 0.263 e. The van der Waals surface area contributed by atoms with Crippen molar-refractivity contribution in [2.24, 2.45) is 5.92 Å². The van der Waals surface area contributed by atoms with Crippen LogP contribution < -0.4 is 5.32 Å². The number of benzene rings is 1. The van der Waals surface area contributed by atoms with E-state index in [1.54, 1.807) is 19.1 Å². The van der Waals surface area contributed by atoms with Gasteiger partial charge in [-0.15, -0.1) is 11.3 Å². The molecule has 2 rings (SSSR count). The van der Waals surface area contributed by atoms with Gasteiger partial charge >= 0.3 is 0 Å². The molecule has 0 aliphatic heterocycles. The molecule has 0 aliphatic carbocycles. The van der Waals surface area contributed by atoms with Gasteiger partial charge in [0.2, 0.25) is 0 Å². The minimum Gasteiger partial charge on any atom is -0.391 e. The van der Waals surface area contributed by atoms with Crippen LogP contribution in [0.5, 0.6) is 0 Å². The van der Waals surface area contributed by atoms with Crippen LogP contribution >= 0.6 is 11.3 Å². The van der Waals surface area contributed by atoms with Crippen LogP contribution in [0.1, 0.15) is 29.2 Å². The van der Waals surface area contributed by atoms with E-state index in [-0.39, 0.29) is 24.2 Å².